The Balaban J connectivity index is 0.000000396. The molecule has 0 fully saturated rings. The molecule has 1 atom stereocenters. The lowest BCUT2D eigenvalue weighted by molar-refractivity contribution is -0.139. The van der Waals surface area contributed by atoms with Crippen LogP contribution in [0.25, 0.3) is 0 Å². The highest BCUT2D eigenvalue weighted by molar-refractivity contribution is 7.85. The molecule has 0 radical (unpaired) electrons. The summed E-state index contributed by atoms with van der Waals surface area (Å²) in [5, 5.41) is 8.23. The Morgan fingerprint density at radius 1 is 1.25 bits per heavy atom. The maximum absolute atomic E-state index is 10.6. The summed E-state index contributed by atoms with van der Waals surface area (Å²) in [6, 6.07) is 5.45. The van der Waals surface area contributed by atoms with E-state index in [1.165, 1.54) is 12.1 Å². The van der Waals surface area contributed by atoms with Crippen molar-refractivity contribution in [2.24, 2.45) is 11.7 Å². The van der Waals surface area contributed by atoms with Crippen LogP contribution in [0.2, 0.25) is 0 Å². The minimum atomic E-state index is -4.03. The number of hydrogen-bond donors (Lipinski definition) is 3. The van der Waals surface area contributed by atoms with Crippen molar-refractivity contribution in [1.82, 2.24) is 0 Å². The predicted molar refractivity (Wildman–Crippen MR) is 76.1 cm³/mol. The number of rotatable bonds is 4. The van der Waals surface area contributed by atoms with Crippen LogP contribution >= 0.6 is 0 Å². The summed E-state index contributed by atoms with van der Waals surface area (Å²) in [5.41, 5.74) is 6.20. The van der Waals surface area contributed by atoms with E-state index in [4.69, 9.17) is 15.4 Å². The summed E-state index contributed by atoms with van der Waals surface area (Å²) in [6.07, 6.45) is 0.853. The molecule has 0 unspecified atom stereocenters. The van der Waals surface area contributed by atoms with Crippen LogP contribution < -0.4 is 5.73 Å². The normalized spacial score (nSPS) is 12.5. The number of carboxylic acids is 1. The molecular formula is C13H21NO5S. The molecule has 0 saturated heterocycles. The first kappa shape index (κ1) is 18.6. The van der Waals surface area contributed by atoms with E-state index < -0.39 is 22.1 Å². The van der Waals surface area contributed by atoms with E-state index in [1.807, 2.05) is 6.92 Å². The van der Waals surface area contributed by atoms with Crippen LogP contribution in [0.15, 0.2) is 29.2 Å². The van der Waals surface area contributed by atoms with Gasteiger partial charge in [-0.2, -0.15) is 8.42 Å². The van der Waals surface area contributed by atoms with Crippen LogP contribution in [-0.4, -0.2) is 30.1 Å². The van der Waals surface area contributed by atoms with Crippen LogP contribution in [0.5, 0.6) is 0 Å². The van der Waals surface area contributed by atoms with E-state index in [9.17, 15) is 13.2 Å². The van der Waals surface area contributed by atoms with Crippen LogP contribution in [0.3, 0.4) is 0 Å². The monoisotopic (exact) mass is 303 g/mol. The number of aryl methyl sites for hydroxylation is 1. The Kier molecular flexibility index (Phi) is 7.41. The molecule has 0 spiro atoms. The molecule has 6 nitrogen and oxygen atoms in total. The molecule has 1 aromatic carbocycles. The molecule has 0 bridgehead atoms. The van der Waals surface area contributed by atoms with Gasteiger partial charge in [0.25, 0.3) is 10.1 Å². The fourth-order valence-electron chi connectivity index (χ4n) is 1.18. The first-order valence-corrected chi connectivity index (χ1v) is 7.58. The fourth-order valence-corrected chi connectivity index (χ4v) is 1.66. The Bertz CT molecular complexity index is 522. The van der Waals surface area contributed by atoms with E-state index in [-0.39, 0.29) is 10.8 Å². The molecule has 4 N–H and O–H groups in total. The van der Waals surface area contributed by atoms with Gasteiger partial charge >= 0.3 is 5.97 Å². The molecule has 0 aliphatic heterocycles. The summed E-state index contributed by atoms with van der Waals surface area (Å²) < 4.78 is 29.8. The van der Waals surface area contributed by atoms with Gasteiger partial charge in [0.2, 0.25) is 0 Å². The van der Waals surface area contributed by atoms with Gasteiger partial charge in [0.05, 0.1) is 4.90 Å². The Labute approximate surface area is 119 Å². The van der Waals surface area contributed by atoms with Gasteiger partial charge < -0.3 is 10.8 Å². The molecule has 7 heteroatoms. The standard InChI is InChI=1S/C8H10O3S.C5H11NO2/c1-2-7-3-5-8(6-4-7)12(9,10)11;1-3(2)4(6)5(7)8/h3-6H,2H2,1H3,(H,9,10,11);3-4H,6H2,1-2H3,(H,7,8)/t;4-/m.0/s1. The molecule has 1 aromatic rings. The third-order valence-corrected chi connectivity index (χ3v) is 3.50. The lowest BCUT2D eigenvalue weighted by Gasteiger charge is -2.07. The average Bonchev–Trinajstić information content (AvgIpc) is 2.37. The van der Waals surface area contributed by atoms with Crippen LogP contribution in [0.1, 0.15) is 26.3 Å². The fraction of sp³-hybridized carbons (Fsp3) is 0.462. The maximum Gasteiger partial charge on any atom is 0.320 e. The van der Waals surface area contributed by atoms with Crippen molar-refractivity contribution in [2.75, 3.05) is 0 Å². The van der Waals surface area contributed by atoms with E-state index >= 15 is 0 Å². The molecule has 0 heterocycles. The van der Waals surface area contributed by atoms with Crippen LogP contribution in [0, 0.1) is 5.92 Å². The SMILES string of the molecule is CC(C)[C@H](N)C(=O)O.CCc1ccc(S(=O)(=O)O)cc1. The van der Waals surface area contributed by atoms with Crippen LogP contribution in [0.4, 0.5) is 0 Å². The van der Waals surface area contributed by atoms with Gasteiger partial charge in [-0.05, 0) is 30.0 Å². The van der Waals surface area contributed by atoms with Gasteiger partial charge in [-0.1, -0.05) is 32.9 Å². The maximum atomic E-state index is 10.6. The van der Waals surface area contributed by atoms with Gasteiger partial charge in [-0.3, -0.25) is 9.35 Å². The number of aliphatic carboxylic acids is 1. The van der Waals surface area contributed by atoms with Gasteiger partial charge in [0, 0.05) is 0 Å². The Morgan fingerprint density at radius 2 is 1.70 bits per heavy atom. The van der Waals surface area contributed by atoms with Crippen molar-refractivity contribution in [2.45, 2.75) is 38.1 Å². The lowest BCUT2D eigenvalue weighted by atomic mass is 10.1. The smallest absolute Gasteiger partial charge is 0.320 e. The summed E-state index contributed by atoms with van der Waals surface area (Å²) >= 11 is 0. The number of carboxylic acid groups (broad SMARTS) is 1. The highest BCUT2D eigenvalue weighted by Crippen LogP contribution is 2.09. The van der Waals surface area contributed by atoms with Crippen molar-refractivity contribution >= 4 is 16.1 Å². The molecule has 114 valence electrons. The summed E-state index contributed by atoms with van der Waals surface area (Å²) in [4.78, 5) is 9.96. The third-order valence-electron chi connectivity index (χ3n) is 2.63. The average molecular weight is 303 g/mol. The van der Waals surface area contributed by atoms with Crippen molar-refractivity contribution in [3.63, 3.8) is 0 Å². The third kappa shape index (κ3) is 6.65. The first-order chi connectivity index (χ1) is 9.09. The number of carbonyl (C=O) groups is 1. The molecule has 0 aliphatic rings. The summed E-state index contributed by atoms with van der Waals surface area (Å²) in [5.74, 6) is -0.910. The Morgan fingerprint density at radius 3 is 1.90 bits per heavy atom. The molecule has 0 aromatic heterocycles. The molecule has 0 saturated carbocycles. The topological polar surface area (TPSA) is 118 Å². The van der Waals surface area contributed by atoms with Crippen molar-refractivity contribution in [3.05, 3.63) is 29.8 Å². The zero-order valence-electron chi connectivity index (χ0n) is 11.8. The summed E-state index contributed by atoms with van der Waals surface area (Å²) in [7, 11) is -4.03. The second-order valence-electron chi connectivity index (χ2n) is 4.58. The molecule has 0 aliphatic carbocycles. The molecule has 0 amide bonds. The lowest BCUT2D eigenvalue weighted by Crippen LogP contribution is -2.34. The first-order valence-electron chi connectivity index (χ1n) is 6.14. The molecule has 20 heavy (non-hydrogen) atoms. The quantitative estimate of drug-likeness (QED) is 0.726. The highest BCUT2D eigenvalue weighted by Gasteiger charge is 2.14. The van der Waals surface area contributed by atoms with Gasteiger partial charge in [-0.25, -0.2) is 0 Å². The van der Waals surface area contributed by atoms with E-state index in [2.05, 4.69) is 0 Å². The van der Waals surface area contributed by atoms with Crippen molar-refractivity contribution in [3.8, 4) is 0 Å². The van der Waals surface area contributed by atoms with Crippen molar-refractivity contribution in [1.29, 1.82) is 0 Å². The summed E-state index contributed by atoms with van der Waals surface area (Å²) in [6.45, 7) is 5.53. The highest BCUT2D eigenvalue weighted by atomic mass is 32.2. The second-order valence-corrected chi connectivity index (χ2v) is 6.00. The minimum Gasteiger partial charge on any atom is -0.480 e. The Hall–Kier alpha value is -1.44. The van der Waals surface area contributed by atoms with Crippen LogP contribution in [-0.2, 0) is 21.3 Å². The zero-order valence-corrected chi connectivity index (χ0v) is 12.6. The number of benzene rings is 1. The van der Waals surface area contributed by atoms with E-state index in [0.717, 1.165) is 12.0 Å². The van der Waals surface area contributed by atoms with Gasteiger partial charge in [-0.15, -0.1) is 0 Å². The second kappa shape index (κ2) is 7.98. The molecular weight excluding hydrogens is 282 g/mol. The van der Waals surface area contributed by atoms with E-state index in [1.54, 1.807) is 26.0 Å². The van der Waals surface area contributed by atoms with Gasteiger partial charge in [0.1, 0.15) is 6.04 Å². The molecule has 1 rings (SSSR count). The zero-order chi connectivity index (χ0) is 15.9. The predicted octanol–water partition coefficient (Wildman–Crippen LogP) is 1.55. The number of hydrogen-bond acceptors (Lipinski definition) is 4. The number of nitrogens with two attached hydrogens (primary N) is 1. The van der Waals surface area contributed by atoms with Crippen molar-refractivity contribution < 1.29 is 22.9 Å². The minimum absolute atomic E-state index is 0.0208. The van der Waals surface area contributed by atoms with E-state index in [0.29, 0.717) is 0 Å². The largest absolute Gasteiger partial charge is 0.480 e. The van der Waals surface area contributed by atoms with Gasteiger partial charge in [0.15, 0.2) is 0 Å².